The van der Waals surface area contributed by atoms with E-state index in [1.807, 2.05) is 10.9 Å². The van der Waals surface area contributed by atoms with E-state index in [0.717, 1.165) is 19.4 Å². The number of nitrogens with zero attached hydrogens (tertiary/aromatic N) is 2. The summed E-state index contributed by atoms with van der Waals surface area (Å²) in [5.74, 6) is 0. The van der Waals surface area contributed by atoms with Crippen molar-refractivity contribution in [3.8, 4) is 0 Å². The van der Waals surface area contributed by atoms with E-state index in [2.05, 4.69) is 18.2 Å². The number of hydrogen-bond donors (Lipinski definition) is 1. The molecule has 0 amide bonds. The van der Waals surface area contributed by atoms with E-state index in [-0.39, 0.29) is 6.61 Å². The molecular weight excluding hydrogens is 164 g/mol. The summed E-state index contributed by atoms with van der Waals surface area (Å²) >= 11 is 0. The minimum atomic E-state index is 0.264. The molecule has 1 aromatic rings. The van der Waals surface area contributed by atoms with Gasteiger partial charge in [-0.1, -0.05) is 13.3 Å². The Morgan fingerprint density at radius 3 is 3.00 bits per heavy atom. The fourth-order valence-corrected chi connectivity index (χ4v) is 1.26. The smallest absolute Gasteiger partial charge is 0.0521 e. The van der Waals surface area contributed by atoms with E-state index >= 15 is 0 Å². The van der Waals surface area contributed by atoms with E-state index in [1.165, 1.54) is 18.4 Å². The summed E-state index contributed by atoms with van der Waals surface area (Å²) in [5.41, 5.74) is 1.23. The summed E-state index contributed by atoms with van der Waals surface area (Å²) < 4.78 is 1.98. The molecule has 0 atom stereocenters. The summed E-state index contributed by atoms with van der Waals surface area (Å²) in [6, 6.07) is 0. The second-order valence-corrected chi connectivity index (χ2v) is 3.29. The summed E-state index contributed by atoms with van der Waals surface area (Å²) in [5, 5.41) is 12.9. The van der Waals surface area contributed by atoms with E-state index in [0.29, 0.717) is 0 Å². The summed E-state index contributed by atoms with van der Waals surface area (Å²) in [7, 11) is 0. The Kier molecular flexibility index (Phi) is 4.54. The van der Waals surface area contributed by atoms with Gasteiger partial charge in [-0.25, -0.2) is 0 Å². The molecule has 3 heteroatoms. The Morgan fingerprint density at radius 1 is 1.46 bits per heavy atom. The van der Waals surface area contributed by atoms with E-state index in [9.17, 15) is 0 Å². The van der Waals surface area contributed by atoms with Crippen LogP contribution < -0.4 is 0 Å². The molecule has 0 saturated heterocycles. The number of aryl methyl sites for hydroxylation is 2. The number of hydrogen-bond acceptors (Lipinski definition) is 2. The standard InChI is InChI=1S/C10H18N2O/c1-2-3-6-12-9-10(8-11-12)5-4-7-13/h8-9,13H,2-7H2,1H3. The van der Waals surface area contributed by atoms with Crippen molar-refractivity contribution in [1.29, 1.82) is 0 Å². The summed E-state index contributed by atoms with van der Waals surface area (Å²) in [6.07, 6.45) is 8.12. The molecule has 0 fully saturated rings. The average Bonchev–Trinajstić information content (AvgIpc) is 2.59. The van der Waals surface area contributed by atoms with Crippen molar-refractivity contribution < 1.29 is 5.11 Å². The van der Waals surface area contributed by atoms with Crippen LogP contribution in [0.2, 0.25) is 0 Å². The minimum absolute atomic E-state index is 0.264. The molecule has 1 N–H and O–H groups in total. The third kappa shape index (κ3) is 3.59. The number of aliphatic hydroxyl groups is 1. The van der Waals surface area contributed by atoms with Crippen molar-refractivity contribution in [2.75, 3.05) is 6.61 Å². The first kappa shape index (κ1) is 10.3. The van der Waals surface area contributed by atoms with Crippen molar-refractivity contribution in [2.24, 2.45) is 0 Å². The van der Waals surface area contributed by atoms with Gasteiger partial charge in [-0.15, -0.1) is 0 Å². The van der Waals surface area contributed by atoms with Crippen LogP contribution in [0.4, 0.5) is 0 Å². The second kappa shape index (κ2) is 5.75. The Balaban J connectivity index is 2.34. The third-order valence-corrected chi connectivity index (χ3v) is 2.05. The molecule has 0 bridgehead atoms. The zero-order chi connectivity index (χ0) is 9.52. The molecule has 74 valence electrons. The normalized spacial score (nSPS) is 10.6. The van der Waals surface area contributed by atoms with Crippen LogP contribution in [0.25, 0.3) is 0 Å². The highest BCUT2D eigenvalue weighted by molar-refractivity contribution is 5.03. The fraction of sp³-hybridized carbons (Fsp3) is 0.700. The first-order valence-corrected chi connectivity index (χ1v) is 4.99. The molecule has 0 spiro atoms. The lowest BCUT2D eigenvalue weighted by Gasteiger charge is -1.97. The average molecular weight is 182 g/mol. The van der Waals surface area contributed by atoms with Crippen LogP contribution in [0.1, 0.15) is 31.7 Å². The molecule has 0 aromatic carbocycles. The highest BCUT2D eigenvalue weighted by atomic mass is 16.2. The van der Waals surface area contributed by atoms with Gasteiger partial charge in [-0.3, -0.25) is 4.68 Å². The monoisotopic (exact) mass is 182 g/mol. The maximum atomic E-state index is 8.65. The van der Waals surface area contributed by atoms with Crippen molar-refractivity contribution in [3.05, 3.63) is 18.0 Å². The number of unbranched alkanes of at least 4 members (excludes halogenated alkanes) is 1. The van der Waals surface area contributed by atoms with Crippen LogP contribution in [0.3, 0.4) is 0 Å². The molecule has 13 heavy (non-hydrogen) atoms. The largest absolute Gasteiger partial charge is 0.396 e. The van der Waals surface area contributed by atoms with Crippen molar-refractivity contribution >= 4 is 0 Å². The van der Waals surface area contributed by atoms with Crippen molar-refractivity contribution in [2.45, 2.75) is 39.2 Å². The highest BCUT2D eigenvalue weighted by Gasteiger charge is 1.97. The molecule has 0 radical (unpaired) electrons. The van der Waals surface area contributed by atoms with Gasteiger partial charge in [-0.05, 0) is 24.8 Å². The van der Waals surface area contributed by atoms with Gasteiger partial charge in [0.2, 0.25) is 0 Å². The SMILES string of the molecule is CCCCn1cc(CCCO)cn1. The molecule has 3 nitrogen and oxygen atoms in total. The highest BCUT2D eigenvalue weighted by Crippen LogP contribution is 2.02. The lowest BCUT2D eigenvalue weighted by Crippen LogP contribution is -1.97. The van der Waals surface area contributed by atoms with Crippen LogP contribution in [-0.2, 0) is 13.0 Å². The topological polar surface area (TPSA) is 38.0 Å². The Morgan fingerprint density at radius 2 is 2.31 bits per heavy atom. The number of rotatable bonds is 6. The predicted octanol–water partition coefficient (Wildman–Crippen LogP) is 1.61. The Bertz CT molecular complexity index is 210. The fourth-order valence-electron chi connectivity index (χ4n) is 1.26. The van der Waals surface area contributed by atoms with Gasteiger partial charge < -0.3 is 5.11 Å². The molecule has 0 aliphatic heterocycles. The molecule has 0 aliphatic rings. The van der Waals surface area contributed by atoms with Gasteiger partial charge in [0.1, 0.15) is 0 Å². The van der Waals surface area contributed by atoms with Crippen LogP contribution in [0.5, 0.6) is 0 Å². The Hall–Kier alpha value is -0.830. The molecule has 1 heterocycles. The van der Waals surface area contributed by atoms with E-state index < -0.39 is 0 Å². The van der Waals surface area contributed by atoms with Crippen LogP contribution in [-0.4, -0.2) is 21.5 Å². The molecular formula is C10H18N2O. The van der Waals surface area contributed by atoms with E-state index in [1.54, 1.807) is 0 Å². The predicted molar refractivity (Wildman–Crippen MR) is 52.5 cm³/mol. The molecule has 0 saturated carbocycles. The molecule has 0 unspecified atom stereocenters. The zero-order valence-electron chi connectivity index (χ0n) is 8.24. The Labute approximate surface area is 79.4 Å². The molecule has 1 rings (SSSR count). The second-order valence-electron chi connectivity index (χ2n) is 3.29. The maximum Gasteiger partial charge on any atom is 0.0521 e. The first-order chi connectivity index (χ1) is 6.36. The van der Waals surface area contributed by atoms with Gasteiger partial charge in [-0.2, -0.15) is 5.10 Å². The van der Waals surface area contributed by atoms with Gasteiger partial charge in [0.15, 0.2) is 0 Å². The van der Waals surface area contributed by atoms with Crippen LogP contribution in [0.15, 0.2) is 12.4 Å². The third-order valence-electron chi connectivity index (χ3n) is 2.05. The van der Waals surface area contributed by atoms with Gasteiger partial charge in [0.05, 0.1) is 6.20 Å². The van der Waals surface area contributed by atoms with Gasteiger partial charge in [0.25, 0.3) is 0 Å². The first-order valence-electron chi connectivity index (χ1n) is 4.99. The number of aliphatic hydroxyl groups excluding tert-OH is 1. The van der Waals surface area contributed by atoms with Gasteiger partial charge in [0, 0.05) is 19.3 Å². The molecule has 1 aromatic heterocycles. The van der Waals surface area contributed by atoms with Crippen LogP contribution in [0, 0.1) is 0 Å². The maximum absolute atomic E-state index is 8.65. The quantitative estimate of drug-likeness (QED) is 0.725. The summed E-state index contributed by atoms with van der Waals surface area (Å²) in [4.78, 5) is 0. The van der Waals surface area contributed by atoms with Crippen molar-refractivity contribution in [3.63, 3.8) is 0 Å². The molecule has 0 aliphatic carbocycles. The zero-order valence-corrected chi connectivity index (χ0v) is 8.24. The van der Waals surface area contributed by atoms with Crippen molar-refractivity contribution in [1.82, 2.24) is 9.78 Å². The van der Waals surface area contributed by atoms with Crippen LogP contribution >= 0.6 is 0 Å². The number of aromatic nitrogens is 2. The van der Waals surface area contributed by atoms with Gasteiger partial charge >= 0.3 is 0 Å². The van der Waals surface area contributed by atoms with E-state index in [4.69, 9.17) is 5.11 Å². The lowest BCUT2D eigenvalue weighted by molar-refractivity contribution is 0.288. The minimum Gasteiger partial charge on any atom is -0.396 e. The summed E-state index contributed by atoms with van der Waals surface area (Å²) in [6.45, 7) is 3.45. The lowest BCUT2D eigenvalue weighted by atomic mass is 10.2.